The van der Waals surface area contributed by atoms with Crippen molar-refractivity contribution in [2.45, 2.75) is 6.04 Å². The Bertz CT molecular complexity index is 1360. The molecule has 2 aromatic carbocycles. The van der Waals surface area contributed by atoms with Gasteiger partial charge in [0.2, 0.25) is 5.91 Å². The van der Waals surface area contributed by atoms with Crippen LogP contribution in [0.3, 0.4) is 0 Å². The molecule has 4 N–H and O–H groups in total. The number of aromatic nitrogens is 4. The summed E-state index contributed by atoms with van der Waals surface area (Å²) in [6, 6.07) is 11.7. The highest BCUT2D eigenvalue weighted by atomic mass is 16.3. The quantitative estimate of drug-likeness (QED) is 0.347. The third kappa shape index (κ3) is 2.78. The van der Waals surface area contributed by atoms with Crippen molar-refractivity contribution in [1.82, 2.24) is 19.7 Å². The molecule has 9 heteroatoms. The highest BCUT2D eigenvalue weighted by Crippen LogP contribution is 2.41. The van der Waals surface area contributed by atoms with E-state index >= 15 is 0 Å². The van der Waals surface area contributed by atoms with E-state index in [0.717, 1.165) is 11.3 Å². The van der Waals surface area contributed by atoms with Gasteiger partial charge in [0.1, 0.15) is 17.8 Å². The normalized spacial score (nSPS) is 15.2. The van der Waals surface area contributed by atoms with Gasteiger partial charge >= 0.3 is 0 Å². The van der Waals surface area contributed by atoms with Crippen LogP contribution < -0.4 is 10.6 Å². The molecule has 2 aromatic heterocycles. The molecule has 1 aliphatic rings. The van der Waals surface area contributed by atoms with E-state index in [4.69, 9.17) is 10.8 Å². The molecular formula is C22H18N6O3. The summed E-state index contributed by atoms with van der Waals surface area (Å²) < 4.78 is 1.72. The van der Waals surface area contributed by atoms with E-state index in [0.29, 0.717) is 28.8 Å². The van der Waals surface area contributed by atoms with Crippen LogP contribution in [0.1, 0.15) is 11.6 Å². The van der Waals surface area contributed by atoms with Crippen molar-refractivity contribution in [3.05, 3.63) is 67.0 Å². The average molecular weight is 414 g/mol. The Hall–Kier alpha value is -4.40. The molecule has 0 spiro atoms. The smallest absolute Gasteiger partial charge is 0.250 e. The van der Waals surface area contributed by atoms with Crippen LogP contribution in [0.5, 0.6) is 11.5 Å². The average Bonchev–Trinajstić information content (AvgIpc) is 3.35. The lowest BCUT2D eigenvalue weighted by Gasteiger charge is -2.16. The van der Waals surface area contributed by atoms with Gasteiger partial charge < -0.3 is 20.8 Å². The van der Waals surface area contributed by atoms with Crippen molar-refractivity contribution in [1.29, 1.82) is 0 Å². The monoisotopic (exact) mass is 414 g/mol. The molecule has 1 unspecified atom stereocenters. The van der Waals surface area contributed by atoms with Crippen molar-refractivity contribution < 1.29 is 15.0 Å². The minimum Gasteiger partial charge on any atom is -0.504 e. The van der Waals surface area contributed by atoms with Crippen molar-refractivity contribution in [2.24, 2.45) is 0 Å². The van der Waals surface area contributed by atoms with Crippen molar-refractivity contribution in [2.75, 3.05) is 17.2 Å². The summed E-state index contributed by atoms with van der Waals surface area (Å²) in [6.45, 7) is 3.95. The maximum atomic E-state index is 12.4. The molecule has 1 amide bonds. The topological polar surface area (TPSA) is 130 Å². The van der Waals surface area contributed by atoms with Crippen LogP contribution in [0, 0.1) is 0 Å². The van der Waals surface area contributed by atoms with E-state index in [1.807, 2.05) is 24.3 Å². The first-order valence-electron chi connectivity index (χ1n) is 9.53. The second kappa shape index (κ2) is 6.84. The van der Waals surface area contributed by atoms with E-state index in [1.54, 1.807) is 15.6 Å². The number of nitrogens with two attached hydrogens (primary N) is 1. The number of phenols is 2. The Labute approximate surface area is 176 Å². The molecule has 5 rings (SSSR count). The van der Waals surface area contributed by atoms with E-state index in [9.17, 15) is 15.0 Å². The van der Waals surface area contributed by atoms with Gasteiger partial charge in [-0.3, -0.25) is 4.79 Å². The van der Waals surface area contributed by atoms with Gasteiger partial charge in [-0.2, -0.15) is 5.10 Å². The highest BCUT2D eigenvalue weighted by Gasteiger charge is 2.35. The Morgan fingerprint density at radius 1 is 1.16 bits per heavy atom. The predicted molar refractivity (Wildman–Crippen MR) is 116 cm³/mol. The van der Waals surface area contributed by atoms with Crippen LogP contribution in [0.15, 0.2) is 61.4 Å². The lowest BCUT2D eigenvalue weighted by molar-refractivity contribution is -0.114. The molecule has 0 saturated carbocycles. The van der Waals surface area contributed by atoms with Gasteiger partial charge in [-0.1, -0.05) is 24.8 Å². The lowest BCUT2D eigenvalue weighted by atomic mass is 10.1. The third-order valence-corrected chi connectivity index (χ3v) is 5.44. The van der Waals surface area contributed by atoms with Crippen molar-refractivity contribution in [3.63, 3.8) is 0 Å². The number of carbonyl (C=O) groups excluding carboxylic acids is 1. The number of anilines is 2. The molecule has 9 nitrogen and oxygen atoms in total. The van der Waals surface area contributed by atoms with E-state index < -0.39 is 0 Å². The van der Waals surface area contributed by atoms with Gasteiger partial charge in [0.25, 0.3) is 0 Å². The zero-order valence-electron chi connectivity index (χ0n) is 16.3. The zero-order chi connectivity index (χ0) is 21.7. The summed E-state index contributed by atoms with van der Waals surface area (Å²) in [5.74, 6) is -0.474. The maximum absolute atomic E-state index is 12.4. The fraction of sp³-hybridized carbons (Fsp3) is 0.0909. The Kier molecular flexibility index (Phi) is 4.11. The molecule has 154 valence electrons. The van der Waals surface area contributed by atoms with Crippen LogP contribution in [-0.2, 0) is 4.79 Å². The SMILES string of the molecule is C=CC(=O)N1CC(n2nc(-c3ccc(O)c(O)c3)c3c(N)ncnc32)c2ccccc21. The van der Waals surface area contributed by atoms with Crippen LogP contribution in [0.2, 0.25) is 0 Å². The molecule has 0 radical (unpaired) electrons. The van der Waals surface area contributed by atoms with Crippen LogP contribution in [0.4, 0.5) is 11.5 Å². The second-order valence-corrected chi connectivity index (χ2v) is 7.18. The number of aromatic hydroxyl groups is 2. The summed E-state index contributed by atoms with van der Waals surface area (Å²) in [5, 5.41) is 24.9. The van der Waals surface area contributed by atoms with E-state index in [1.165, 1.54) is 24.5 Å². The summed E-state index contributed by atoms with van der Waals surface area (Å²) >= 11 is 0. The van der Waals surface area contributed by atoms with Gasteiger partial charge in [-0.15, -0.1) is 0 Å². The first kappa shape index (κ1) is 18.6. The molecule has 0 saturated heterocycles. The number of phenolic OH excluding ortho intramolecular Hbond substituents is 2. The molecule has 3 heterocycles. The van der Waals surface area contributed by atoms with E-state index in [2.05, 4.69) is 16.5 Å². The van der Waals surface area contributed by atoms with Gasteiger partial charge in [0.05, 0.1) is 18.0 Å². The number of hydrogen-bond donors (Lipinski definition) is 3. The van der Waals surface area contributed by atoms with Crippen LogP contribution in [0.25, 0.3) is 22.3 Å². The Morgan fingerprint density at radius 3 is 2.74 bits per heavy atom. The fourth-order valence-corrected chi connectivity index (χ4v) is 4.00. The standard InChI is InChI=1S/C22H18N6O3/c1-2-18(31)27-10-15(13-5-3-4-6-14(13)27)28-22-19(21(23)24-11-25-22)20(26-28)12-7-8-16(29)17(30)9-12/h2-9,11,15,29-30H,1,10H2,(H2,23,24,25). The first-order chi connectivity index (χ1) is 15.0. The van der Waals surface area contributed by atoms with Gasteiger partial charge in [0, 0.05) is 16.8 Å². The number of benzene rings is 2. The van der Waals surface area contributed by atoms with Gasteiger partial charge in [-0.25, -0.2) is 14.6 Å². The summed E-state index contributed by atoms with van der Waals surface area (Å²) in [7, 11) is 0. The Balaban J connectivity index is 1.74. The number of carbonyl (C=O) groups is 1. The molecule has 1 aliphatic heterocycles. The van der Waals surface area contributed by atoms with Crippen molar-refractivity contribution in [3.8, 4) is 22.8 Å². The van der Waals surface area contributed by atoms with Crippen LogP contribution >= 0.6 is 0 Å². The fourth-order valence-electron chi connectivity index (χ4n) is 4.00. The molecule has 31 heavy (non-hydrogen) atoms. The Morgan fingerprint density at radius 2 is 1.97 bits per heavy atom. The first-order valence-corrected chi connectivity index (χ1v) is 9.53. The number of nitrogen functional groups attached to an aromatic ring is 1. The highest BCUT2D eigenvalue weighted by molar-refractivity contribution is 6.03. The zero-order valence-corrected chi connectivity index (χ0v) is 16.3. The lowest BCUT2D eigenvalue weighted by Crippen LogP contribution is -2.29. The molecule has 0 aliphatic carbocycles. The third-order valence-electron chi connectivity index (χ3n) is 5.44. The molecule has 0 bridgehead atoms. The maximum Gasteiger partial charge on any atom is 0.250 e. The summed E-state index contributed by atoms with van der Waals surface area (Å²) in [5.41, 5.74) is 9.39. The minimum absolute atomic E-state index is 0.204. The van der Waals surface area contributed by atoms with Gasteiger partial charge in [0.15, 0.2) is 17.1 Å². The molecule has 4 aromatic rings. The number of amides is 1. The molecule has 1 atom stereocenters. The number of fused-ring (bicyclic) bond motifs is 2. The summed E-state index contributed by atoms with van der Waals surface area (Å²) in [4.78, 5) is 22.6. The van der Waals surface area contributed by atoms with Gasteiger partial charge in [-0.05, 0) is 30.3 Å². The second-order valence-electron chi connectivity index (χ2n) is 7.18. The summed E-state index contributed by atoms with van der Waals surface area (Å²) in [6.07, 6.45) is 2.65. The number of nitrogens with zero attached hydrogens (tertiary/aromatic N) is 5. The minimum atomic E-state index is -0.309. The largest absolute Gasteiger partial charge is 0.504 e. The molecular weight excluding hydrogens is 396 g/mol. The molecule has 0 fully saturated rings. The van der Waals surface area contributed by atoms with E-state index in [-0.39, 0.29) is 29.3 Å². The predicted octanol–water partition coefficient (Wildman–Crippen LogP) is 2.61. The number of hydrogen-bond acceptors (Lipinski definition) is 7. The van der Waals surface area contributed by atoms with Crippen molar-refractivity contribution >= 4 is 28.4 Å². The number of para-hydroxylation sites is 1. The van der Waals surface area contributed by atoms with Crippen LogP contribution in [-0.4, -0.2) is 42.4 Å². The number of rotatable bonds is 3.